The van der Waals surface area contributed by atoms with Crippen LogP contribution in [0.4, 0.5) is 0 Å². The Labute approximate surface area is 106 Å². The lowest BCUT2D eigenvalue weighted by Crippen LogP contribution is -2.34. The highest BCUT2D eigenvalue weighted by atomic mass is 16.5. The van der Waals surface area contributed by atoms with E-state index in [9.17, 15) is 9.59 Å². The number of hydrogen-bond acceptors (Lipinski definition) is 3. The number of nitrogens with zero attached hydrogens (tertiary/aromatic N) is 1. The number of rotatable bonds is 5. The number of amides is 1. The Morgan fingerprint density at radius 2 is 1.89 bits per heavy atom. The van der Waals surface area contributed by atoms with E-state index in [4.69, 9.17) is 9.84 Å². The molecule has 5 heteroatoms. The van der Waals surface area contributed by atoms with Crippen molar-refractivity contribution in [2.45, 2.75) is 13.5 Å². The van der Waals surface area contributed by atoms with Crippen LogP contribution in [0, 0.1) is 5.92 Å². The Morgan fingerprint density at radius 1 is 1.33 bits per heavy atom. The summed E-state index contributed by atoms with van der Waals surface area (Å²) in [6, 6.07) is 7.28. The number of carboxylic acids is 1. The highest BCUT2D eigenvalue weighted by molar-refractivity contribution is 5.96. The number of ether oxygens (including phenoxy) is 1. The summed E-state index contributed by atoms with van der Waals surface area (Å²) in [7, 11) is 3.17. The Balaban J connectivity index is 2.66. The van der Waals surface area contributed by atoms with Crippen LogP contribution in [0.3, 0.4) is 0 Å². The van der Waals surface area contributed by atoms with Gasteiger partial charge in [-0.15, -0.1) is 0 Å². The molecule has 0 spiro atoms. The summed E-state index contributed by atoms with van der Waals surface area (Å²) in [6.45, 7) is 1.76. The third kappa shape index (κ3) is 3.48. The van der Waals surface area contributed by atoms with Crippen molar-refractivity contribution in [1.29, 1.82) is 0 Å². The molecule has 1 atom stereocenters. The standard InChI is InChI=1S/C13H17NO4/c1-9(13(16)17)12(15)14(2)8-10-4-6-11(18-3)7-5-10/h4-7,9H,8H2,1-3H3,(H,16,17). The molecule has 0 aromatic heterocycles. The molecule has 0 aliphatic heterocycles. The Hall–Kier alpha value is -2.04. The van der Waals surface area contributed by atoms with Gasteiger partial charge in [-0.2, -0.15) is 0 Å². The summed E-state index contributed by atoms with van der Waals surface area (Å²) in [5, 5.41) is 8.77. The van der Waals surface area contributed by atoms with E-state index in [0.717, 1.165) is 11.3 Å². The molecule has 98 valence electrons. The van der Waals surface area contributed by atoms with Crippen LogP contribution in [0.25, 0.3) is 0 Å². The van der Waals surface area contributed by atoms with Crippen LogP contribution < -0.4 is 4.74 Å². The Bertz CT molecular complexity index is 427. The molecule has 0 heterocycles. The fraction of sp³-hybridized carbons (Fsp3) is 0.385. The van der Waals surface area contributed by atoms with Crippen LogP contribution in [0.2, 0.25) is 0 Å². The van der Waals surface area contributed by atoms with E-state index >= 15 is 0 Å². The topological polar surface area (TPSA) is 66.8 Å². The van der Waals surface area contributed by atoms with E-state index in [1.165, 1.54) is 11.8 Å². The van der Waals surface area contributed by atoms with Crippen LogP contribution in [0.5, 0.6) is 5.75 Å². The lowest BCUT2D eigenvalue weighted by molar-refractivity contribution is -0.149. The molecule has 0 saturated heterocycles. The maximum Gasteiger partial charge on any atom is 0.315 e. The minimum atomic E-state index is -1.11. The molecule has 0 radical (unpaired) electrons. The molecule has 0 bridgehead atoms. The van der Waals surface area contributed by atoms with Crippen molar-refractivity contribution < 1.29 is 19.4 Å². The Morgan fingerprint density at radius 3 is 2.33 bits per heavy atom. The van der Waals surface area contributed by atoms with Gasteiger partial charge in [0.05, 0.1) is 7.11 Å². The van der Waals surface area contributed by atoms with Gasteiger partial charge >= 0.3 is 5.97 Å². The molecule has 5 nitrogen and oxygen atoms in total. The Kier molecular flexibility index (Phi) is 4.71. The van der Waals surface area contributed by atoms with Gasteiger partial charge in [0.25, 0.3) is 0 Å². The van der Waals surface area contributed by atoms with E-state index in [2.05, 4.69) is 0 Å². The van der Waals surface area contributed by atoms with Gasteiger partial charge in [0.15, 0.2) is 0 Å². The molecule has 1 aromatic rings. The summed E-state index contributed by atoms with van der Waals surface area (Å²) in [4.78, 5) is 23.9. The predicted molar refractivity (Wildman–Crippen MR) is 66.3 cm³/mol. The average molecular weight is 251 g/mol. The van der Waals surface area contributed by atoms with Crippen molar-refractivity contribution in [2.75, 3.05) is 14.2 Å². The van der Waals surface area contributed by atoms with E-state index in [1.807, 2.05) is 12.1 Å². The minimum Gasteiger partial charge on any atom is -0.497 e. The number of hydrogen-bond donors (Lipinski definition) is 1. The molecule has 0 aliphatic rings. The second-order valence-corrected chi connectivity index (χ2v) is 4.10. The van der Waals surface area contributed by atoms with Crippen molar-refractivity contribution in [3.8, 4) is 5.75 Å². The number of carbonyl (C=O) groups excluding carboxylic acids is 1. The normalized spacial score (nSPS) is 11.7. The third-order valence-corrected chi connectivity index (χ3v) is 2.70. The lowest BCUT2D eigenvalue weighted by atomic mass is 10.1. The van der Waals surface area contributed by atoms with Gasteiger partial charge in [-0.1, -0.05) is 12.1 Å². The molecule has 1 unspecified atom stereocenters. The van der Waals surface area contributed by atoms with Crippen molar-refractivity contribution in [2.24, 2.45) is 5.92 Å². The summed E-state index contributed by atoms with van der Waals surface area (Å²) >= 11 is 0. The van der Waals surface area contributed by atoms with E-state index in [1.54, 1.807) is 26.3 Å². The second kappa shape index (κ2) is 6.05. The molecule has 1 N–H and O–H groups in total. The number of methoxy groups -OCH3 is 1. The van der Waals surface area contributed by atoms with Crippen molar-refractivity contribution in [1.82, 2.24) is 4.90 Å². The lowest BCUT2D eigenvalue weighted by Gasteiger charge is -2.19. The van der Waals surface area contributed by atoms with Gasteiger partial charge in [0, 0.05) is 13.6 Å². The smallest absolute Gasteiger partial charge is 0.315 e. The number of benzene rings is 1. The minimum absolute atomic E-state index is 0.375. The van der Waals surface area contributed by atoms with E-state index in [-0.39, 0.29) is 0 Å². The molecule has 0 fully saturated rings. The molecule has 1 amide bonds. The van der Waals surface area contributed by atoms with Crippen LogP contribution in [-0.4, -0.2) is 36.0 Å². The van der Waals surface area contributed by atoms with Gasteiger partial charge in [-0.05, 0) is 24.6 Å². The maximum absolute atomic E-state index is 11.7. The predicted octanol–water partition coefficient (Wildman–Crippen LogP) is 1.37. The average Bonchev–Trinajstić information content (AvgIpc) is 2.37. The molecule has 1 aromatic carbocycles. The van der Waals surface area contributed by atoms with Gasteiger partial charge in [0.1, 0.15) is 11.7 Å². The van der Waals surface area contributed by atoms with Crippen molar-refractivity contribution >= 4 is 11.9 Å². The van der Waals surface area contributed by atoms with Crippen LogP contribution >= 0.6 is 0 Å². The number of aliphatic carboxylic acids is 1. The van der Waals surface area contributed by atoms with Crippen LogP contribution in [0.15, 0.2) is 24.3 Å². The third-order valence-electron chi connectivity index (χ3n) is 2.70. The van der Waals surface area contributed by atoms with Gasteiger partial charge < -0.3 is 14.7 Å². The highest BCUT2D eigenvalue weighted by Crippen LogP contribution is 2.13. The number of carboxylic acid groups (broad SMARTS) is 1. The molecule has 18 heavy (non-hydrogen) atoms. The summed E-state index contributed by atoms with van der Waals surface area (Å²) in [6.07, 6.45) is 0. The zero-order chi connectivity index (χ0) is 13.7. The van der Waals surface area contributed by atoms with Gasteiger partial charge in [0.2, 0.25) is 5.91 Å². The summed E-state index contributed by atoms with van der Waals surface area (Å²) in [5.74, 6) is -1.79. The highest BCUT2D eigenvalue weighted by Gasteiger charge is 2.23. The first kappa shape index (κ1) is 14.0. The zero-order valence-corrected chi connectivity index (χ0v) is 10.7. The van der Waals surface area contributed by atoms with Crippen LogP contribution in [0.1, 0.15) is 12.5 Å². The SMILES string of the molecule is COc1ccc(CN(C)C(=O)C(C)C(=O)O)cc1. The van der Waals surface area contributed by atoms with E-state index in [0.29, 0.717) is 6.54 Å². The first-order valence-electron chi connectivity index (χ1n) is 5.56. The summed E-state index contributed by atoms with van der Waals surface area (Å²) in [5.41, 5.74) is 0.921. The number of carbonyl (C=O) groups is 2. The molecular formula is C13H17NO4. The second-order valence-electron chi connectivity index (χ2n) is 4.10. The fourth-order valence-electron chi connectivity index (χ4n) is 1.52. The maximum atomic E-state index is 11.7. The van der Waals surface area contributed by atoms with Gasteiger partial charge in [-0.25, -0.2) is 0 Å². The monoisotopic (exact) mass is 251 g/mol. The molecular weight excluding hydrogens is 234 g/mol. The fourth-order valence-corrected chi connectivity index (χ4v) is 1.52. The van der Waals surface area contributed by atoms with Crippen molar-refractivity contribution in [3.05, 3.63) is 29.8 Å². The van der Waals surface area contributed by atoms with Crippen molar-refractivity contribution in [3.63, 3.8) is 0 Å². The molecule has 0 aliphatic carbocycles. The summed E-state index contributed by atoms with van der Waals surface area (Å²) < 4.78 is 5.03. The largest absolute Gasteiger partial charge is 0.497 e. The first-order valence-corrected chi connectivity index (χ1v) is 5.56. The first-order chi connectivity index (χ1) is 8.45. The quantitative estimate of drug-likeness (QED) is 0.803. The molecule has 0 saturated carbocycles. The van der Waals surface area contributed by atoms with E-state index < -0.39 is 17.8 Å². The van der Waals surface area contributed by atoms with Crippen LogP contribution in [-0.2, 0) is 16.1 Å². The molecule has 1 rings (SSSR count). The van der Waals surface area contributed by atoms with Gasteiger partial charge in [-0.3, -0.25) is 9.59 Å². The zero-order valence-electron chi connectivity index (χ0n) is 10.7.